The minimum absolute atomic E-state index is 0.0959. The lowest BCUT2D eigenvalue weighted by Gasteiger charge is -2.21. The highest BCUT2D eigenvalue weighted by Crippen LogP contribution is 2.33. The Morgan fingerprint density at radius 1 is 1.14 bits per heavy atom. The van der Waals surface area contributed by atoms with Gasteiger partial charge in [0.05, 0.1) is 13.1 Å². The molecular formula is C25H25ClFN5O3S. The number of rotatable bonds is 8. The first kappa shape index (κ1) is 25.9. The van der Waals surface area contributed by atoms with Crippen molar-refractivity contribution < 1.29 is 9.18 Å². The molecule has 0 bridgehead atoms. The first-order chi connectivity index (χ1) is 17.0. The summed E-state index contributed by atoms with van der Waals surface area (Å²) in [5, 5.41) is 0.635. The Morgan fingerprint density at radius 2 is 1.83 bits per heavy atom. The van der Waals surface area contributed by atoms with Crippen molar-refractivity contribution in [3.63, 3.8) is 0 Å². The van der Waals surface area contributed by atoms with E-state index in [1.165, 1.54) is 41.6 Å². The number of hydrogen-bond acceptors (Lipinski definition) is 6. The van der Waals surface area contributed by atoms with E-state index in [0.29, 0.717) is 22.8 Å². The second-order valence-corrected chi connectivity index (χ2v) is 11.1. The molecule has 188 valence electrons. The van der Waals surface area contributed by atoms with E-state index in [-0.39, 0.29) is 28.5 Å². The van der Waals surface area contributed by atoms with Crippen LogP contribution in [0, 0.1) is 5.82 Å². The highest BCUT2D eigenvalue weighted by Gasteiger charge is 2.26. The first-order valence-corrected chi connectivity index (χ1v) is 12.3. The number of hydrogen-bond donors (Lipinski definition) is 1. The number of aryl methyl sites for hydroxylation is 1. The van der Waals surface area contributed by atoms with Gasteiger partial charge in [0.2, 0.25) is 0 Å². The van der Waals surface area contributed by atoms with Crippen molar-refractivity contribution in [3.8, 4) is 0 Å². The molecular weight excluding hydrogens is 505 g/mol. The fourth-order valence-corrected chi connectivity index (χ4v) is 4.89. The SMILES string of the molecule is Cn1c(=O)n(CC(=O)c2ccccc2)c(=O)c2c1nc(SC(C)(C)CN)n2Cc1ccc(F)cc1Cl. The number of thioether (sulfide) groups is 1. The van der Waals surface area contributed by atoms with Crippen LogP contribution >= 0.6 is 23.4 Å². The van der Waals surface area contributed by atoms with Gasteiger partial charge in [-0.05, 0) is 31.5 Å². The molecule has 11 heteroatoms. The van der Waals surface area contributed by atoms with Gasteiger partial charge in [0.25, 0.3) is 5.56 Å². The van der Waals surface area contributed by atoms with Crippen LogP contribution in [0.15, 0.2) is 63.3 Å². The molecule has 4 rings (SSSR count). The van der Waals surface area contributed by atoms with E-state index in [1.54, 1.807) is 34.9 Å². The molecule has 0 saturated carbocycles. The van der Waals surface area contributed by atoms with Crippen molar-refractivity contribution in [1.29, 1.82) is 0 Å². The molecule has 2 aromatic carbocycles. The average molecular weight is 530 g/mol. The van der Waals surface area contributed by atoms with Crippen molar-refractivity contribution in [2.24, 2.45) is 12.8 Å². The highest BCUT2D eigenvalue weighted by molar-refractivity contribution is 8.00. The van der Waals surface area contributed by atoms with Crippen molar-refractivity contribution in [1.82, 2.24) is 18.7 Å². The summed E-state index contributed by atoms with van der Waals surface area (Å²) in [5.74, 6) is -0.858. The minimum Gasteiger partial charge on any atom is -0.329 e. The Morgan fingerprint density at radius 3 is 2.47 bits per heavy atom. The first-order valence-electron chi connectivity index (χ1n) is 11.1. The van der Waals surface area contributed by atoms with Gasteiger partial charge in [-0.2, -0.15) is 0 Å². The molecule has 2 aromatic heterocycles. The molecule has 4 aromatic rings. The summed E-state index contributed by atoms with van der Waals surface area (Å²) >= 11 is 7.64. The van der Waals surface area contributed by atoms with Crippen molar-refractivity contribution in [2.45, 2.75) is 36.8 Å². The molecule has 0 fully saturated rings. The molecule has 0 aliphatic rings. The van der Waals surface area contributed by atoms with Gasteiger partial charge in [-0.15, -0.1) is 0 Å². The van der Waals surface area contributed by atoms with Crippen LogP contribution in [0.3, 0.4) is 0 Å². The molecule has 0 spiro atoms. The number of fused-ring (bicyclic) bond motifs is 1. The normalized spacial score (nSPS) is 11.8. The number of nitrogens with zero attached hydrogens (tertiary/aromatic N) is 4. The third-order valence-corrected chi connectivity index (χ3v) is 7.36. The molecule has 36 heavy (non-hydrogen) atoms. The zero-order chi connectivity index (χ0) is 26.2. The predicted octanol–water partition coefficient (Wildman–Crippen LogP) is 3.45. The zero-order valence-electron chi connectivity index (χ0n) is 20.0. The smallest absolute Gasteiger partial charge is 0.329 e. The number of imidazole rings is 1. The Bertz CT molecular complexity index is 1580. The third-order valence-electron chi connectivity index (χ3n) is 5.80. The number of nitrogens with two attached hydrogens (primary N) is 1. The molecule has 0 atom stereocenters. The number of carbonyl (C=O) groups is 1. The largest absolute Gasteiger partial charge is 0.332 e. The maximum Gasteiger partial charge on any atom is 0.332 e. The maximum absolute atomic E-state index is 13.7. The average Bonchev–Trinajstić information content (AvgIpc) is 3.19. The van der Waals surface area contributed by atoms with E-state index >= 15 is 0 Å². The van der Waals surface area contributed by atoms with Crippen LogP contribution in [-0.4, -0.2) is 35.8 Å². The molecule has 2 N–H and O–H groups in total. The van der Waals surface area contributed by atoms with Crippen LogP contribution in [0.1, 0.15) is 29.8 Å². The lowest BCUT2D eigenvalue weighted by atomic mass is 10.1. The van der Waals surface area contributed by atoms with Gasteiger partial charge in [-0.25, -0.2) is 14.2 Å². The Kier molecular flexibility index (Phi) is 7.21. The van der Waals surface area contributed by atoms with Gasteiger partial charge >= 0.3 is 5.69 Å². The highest BCUT2D eigenvalue weighted by atomic mass is 35.5. The second kappa shape index (κ2) is 10.0. The van der Waals surface area contributed by atoms with E-state index < -0.39 is 28.4 Å². The quantitative estimate of drug-likeness (QED) is 0.277. The monoisotopic (exact) mass is 529 g/mol. The van der Waals surface area contributed by atoms with Gasteiger partial charge < -0.3 is 10.3 Å². The molecule has 0 saturated heterocycles. The van der Waals surface area contributed by atoms with Gasteiger partial charge in [0, 0.05) is 28.9 Å². The summed E-state index contributed by atoms with van der Waals surface area (Å²) in [6, 6.07) is 12.5. The topological polar surface area (TPSA) is 105 Å². The zero-order valence-corrected chi connectivity index (χ0v) is 21.6. The fourth-order valence-electron chi connectivity index (χ4n) is 3.68. The van der Waals surface area contributed by atoms with Crippen LogP contribution in [0.2, 0.25) is 5.02 Å². The third kappa shape index (κ3) is 5.02. The Hall–Kier alpha value is -3.21. The Labute approximate surface area is 215 Å². The number of benzene rings is 2. The summed E-state index contributed by atoms with van der Waals surface area (Å²) in [6.45, 7) is 3.86. The lowest BCUT2D eigenvalue weighted by molar-refractivity contribution is 0.0969. The van der Waals surface area contributed by atoms with Crippen molar-refractivity contribution >= 4 is 40.3 Å². The van der Waals surface area contributed by atoms with Crippen LogP contribution in [0.25, 0.3) is 11.2 Å². The van der Waals surface area contributed by atoms with E-state index in [2.05, 4.69) is 4.98 Å². The van der Waals surface area contributed by atoms with Gasteiger partial charge in [0.1, 0.15) is 5.82 Å². The molecule has 0 aliphatic heterocycles. The van der Waals surface area contributed by atoms with E-state index in [1.807, 2.05) is 13.8 Å². The number of aromatic nitrogens is 4. The summed E-state index contributed by atoms with van der Waals surface area (Å²) in [4.78, 5) is 44.2. The van der Waals surface area contributed by atoms with Crippen molar-refractivity contribution in [3.05, 3.63) is 91.3 Å². The standard InChI is InChI=1S/C25H25ClFN5O3S/c1-25(2,14-28)36-23-29-21-20(31(23)12-16-9-10-17(27)11-18(16)26)22(34)32(24(35)30(21)3)13-19(33)15-7-5-4-6-8-15/h4-11H,12-14,28H2,1-3H3. The van der Waals surface area contributed by atoms with E-state index in [4.69, 9.17) is 17.3 Å². The molecule has 2 heterocycles. The van der Waals surface area contributed by atoms with Crippen molar-refractivity contribution in [2.75, 3.05) is 6.54 Å². The molecule has 8 nitrogen and oxygen atoms in total. The van der Waals surface area contributed by atoms with Crippen LogP contribution in [0.5, 0.6) is 0 Å². The fraction of sp³-hybridized carbons (Fsp3) is 0.280. The Balaban J connectivity index is 1.93. The number of Topliss-reactive ketones (excluding diaryl/α,β-unsaturated/α-hetero) is 1. The second-order valence-electron chi connectivity index (χ2n) is 8.98. The number of halogens is 2. The molecule has 0 unspecified atom stereocenters. The number of carbonyl (C=O) groups excluding carboxylic acids is 1. The summed E-state index contributed by atoms with van der Waals surface area (Å²) in [5.41, 5.74) is 5.87. The van der Waals surface area contributed by atoms with E-state index in [9.17, 15) is 18.8 Å². The van der Waals surface area contributed by atoms with E-state index in [0.717, 1.165) is 4.57 Å². The molecule has 0 aliphatic carbocycles. The summed E-state index contributed by atoms with van der Waals surface area (Å²) < 4.78 is 17.0. The minimum atomic E-state index is -0.657. The maximum atomic E-state index is 13.7. The summed E-state index contributed by atoms with van der Waals surface area (Å²) in [7, 11) is 1.50. The van der Waals surface area contributed by atoms with Crippen LogP contribution < -0.4 is 17.0 Å². The molecule has 0 amide bonds. The molecule has 0 radical (unpaired) electrons. The van der Waals surface area contributed by atoms with Gasteiger partial charge in [-0.1, -0.05) is 59.8 Å². The van der Waals surface area contributed by atoms with Gasteiger partial charge in [-0.3, -0.25) is 18.7 Å². The van der Waals surface area contributed by atoms with Crippen LogP contribution in [-0.2, 0) is 20.1 Å². The number of ketones is 1. The lowest BCUT2D eigenvalue weighted by Crippen LogP contribution is -2.41. The van der Waals surface area contributed by atoms with Crippen LogP contribution in [0.4, 0.5) is 4.39 Å². The van der Waals surface area contributed by atoms with Gasteiger partial charge in [0.15, 0.2) is 22.1 Å². The predicted molar refractivity (Wildman–Crippen MR) is 140 cm³/mol. The summed E-state index contributed by atoms with van der Waals surface area (Å²) in [6.07, 6.45) is 0.